The first kappa shape index (κ1) is 24.2. The van der Waals surface area contributed by atoms with E-state index in [4.69, 9.17) is 9.47 Å². The quantitative estimate of drug-likeness (QED) is 0.320. The maximum atomic E-state index is 11.5. The van der Waals surface area contributed by atoms with Gasteiger partial charge in [-0.1, -0.05) is 13.0 Å². The van der Waals surface area contributed by atoms with Crippen molar-refractivity contribution in [1.82, 2.24) is 9.97 Å². The Morgan fingerprint density at radius 2 is 1.97 bits per heavy atom. The highest BCUT2D eigenvalue weighted by molar-refractivity contribution is 7.14. The van der Waals surface area contributed by atoms with Crippen molar-refractivity contribution in [2.45, 2.75) is 25.6 Å². The van der Waals surface area contributed by atoms with Crippen molar-refractivity contribution in [3.63, 3.8) is 0 Å². The largest absolute Gasteiger partial charge is 0.500 e. The summed E-state index contributed by atoms with van der Waals surface area (Å²) in [7, 11) is 4.37. The van der Waals surface area contributed by atoms with Crippen molar-refractivity contribution in [3.05, 3.63) is 39.4 Å². The summed E-state index contributed by atoms with van der Waals surface area (Å²) in [5.41, 5.74) is -0.00189. The lowest BCUT2D eigenvalue weighted by atomic mass is 10.0. The molecule has 0 radical (unpaired) electrons. The van der Waals surface area contributed by atoms with Crippen LogP contribution in [-0.4, -0.2) is 60.2 Å². The summed E-state index contributed by atoms with van der Waals surface area (Å²) in [5.74, 6) is -0.275. The molecule has 0 amide bonds. The zero-order valence-electron chi connectivity index (χ0n) is 17.5. The second-order valence-electron chi connectivity index (χ2n) is 6.67. The van der Waals surface area contributed by atoms with E-state index in [9.17, 15) is 15.0 Å². The van der Waals surface area contributed by atoms with Gasteiger partial charge in [-0.25, -0.2) is 14.8 Å². The number of esters is 1. The molecule has 0 saturated carbocycles. The number of aliphatic hydroxyl groups is 2. The Balaban J connectivity index is 2.15. The fourth-order valence-corrected chi connectivity index (χ4v) is 4.20. The van der Waals surface area contributed by atoms with Gasteiger partial charge in [-0.2, -0.15) is 0 Å². The molecular formula is C20H26N2O6S2. The van der Waals surface area contributed by atoms with Crippen LogP contribution >= 0.6 is 22.7 Å². The van der Waals surface area contributed by atoms with Gasteiger partial charge < -0.3 is 24.4 Å². The summed E-state index contributed by atoms with van der Waals surface area (Å²) in [5, 5.41) is 24.2. The van der Waals surface area contributed by atoms with Crippen LogP contribution in [0, 0.1) is 5.92 Å². The van der Waals surface area contributed by atoms with Crippen molar-refractivity contribution >= 4 is 34.7 Å². The number of methoxy groups -OCH3 is 3. The fraction of sp³-hybridized carbons (Fsp3) is 0.450. The van der Waals surface area contributed by atoms with E-state index in [0.717, 1.165) is 5.69 Å². The molecule has 0 fully saturated rings. The Labute approximate surface area is 183 Å². The first-order chi connectivity index (χ1) is 14.2. The third-order valence-electron chi connectivity index (χ3n) is 4.38. The Morgan fingerprint density at radius 3 is 2.57 bits per heavy atom. The second-order valence-corrected chi connectivity index (χ2v) is 8.39. The van der Waals surface area contributed by atoms with Crippen LogP contribution in [0.4, 0.5) is 0 Å². The van der Waals surface area contributed by atoms with Gasteiger partial charge in [-0.3, -0.25) is 0 Å². The average Bonchev–Trinajstić information content (AvgIpc) is 3.41. The van der Waals surface area contributed by atoms with E-state index >= 15 is 0 Å². The lowest BCUT2D eigenvalue weighted by molar-refractivity contribution is -0.135. The number of ether oxygens (including phenoxy) is 3. The number of carbonyl (C=O) groups excluding carboxylic acids is 1. The molecule has 10 heteroatoms. The summed E-state index contributed by atoms with van der Waals surface area (Å²) in [6.07, 6.45) is 4.62. The van der Waals surface area contributed by atoms with Crippen LogP contribution in [0.3, 0.4) is 0 Å². The molecule has 0 unspecified atom stereocenters. The molecule has 0 aliphatic rings. The molecular weight excluding hydrogens is 428 g/mol. The standard InChI is InChI=1S/C20H26N2O6S2/c1-12(16(27-4)8-17(24)28-5)15(26-3)7-6-13-9-29-18(21-13)14-10-30-19(22-14)20(2,25)11-23/h6-10,12,15,23,25H,11H2,1-5H3/b7-6+,16-8+/t12-,15+,20+/m1/s1. The van der Waals surface area contributed by atoms with Crippen LogP contribution in [0.1, 0.15) is 24.5 Å². The third-order valence-corrected chi connectivity index (χ3v) is 6.36. The zero-order valence-corrected chi connectivity index (χ0v) is 19.1. The summed E-state index contributed by atoms with van der Waals surface area (Å²) in [6, 6.07) is 0. The number of carbonyl (C=O) groups is 1. The molecule has 2 aromatic heterocycles. The Morgan fingerprint density at radius 1 is 1.23 bits per heavy atom. The van der Waals surface area contributed by atoms with Gasteiger partial charge >= 0.3 is 5.97 Å². The topological polar surface area (TPSA) is 111 Å². The van der Waals surface area contributed by atoms with E-state index in [2.05, 4.69) is 14.7 Å². The molecule has 30 heavy (non-hydrogen) atoms. The van der Waals surface area contributed by atoms with Crippen LogP contribution in [-0.2, 0) is 24.6 Å². The minimum Gasteiger partial charge on any atom is -0.500 e. The maximum Gasteiger partial charge on any atom is 0.333 e. The predicted octanol–water partition coefficient (Wildman–Crippen LogP) is 2.83. The molecule has 2 rings (SSSR count). The van der Waals surface area contributed by atoms with E-state index in [1.54, 1.807) is 12.5 Å². The molecule has 0 aliphatic heterocycles. The number of hydrogen-bond donors (Lipinski definition) is 2. The van der Waals surface area contributed by atoms with Crippen LogP contribution in [0.25, 0.3) is 16.8 Å². The Bertz CT molecular complexity index is 903. The molecule has 8 nitrogen and oxygen atoms in total. The van der Waals surface area contributed by atoms with Gasteiger partial charge in [-0.15, -0.1) is 22.7 Å². The molecule has 2 N–H and O–H groups in total. The molecule has 0 aliphatic carbocycles. The number of aliphatic hydroxyl groups excluding tert-OH is 1. The lowest BCUT2D eigenvalue weighted by Crippen LogP contribution is -2.25. The minimum atomic E-state index is -1.37. The molecule has 3 atom stereocenters. The monoisotopic (exact) mass is 454 g/mol. The highest BCUT2D eigenvalue weighted by atomic mass is 32.1. The lowest BCUT2D eigenvalue weighted by Gasteiger charge is -2.21. The van der Waals surface area contributed by atoms with E-state index in [1.807, 2.05) is 24.5 Å². The van der Waals surface area contributed by atoms with Crippen molar-refractivity contribution in [1.29, 1.82) is 0 Å². The van der Waals surface area contributed by atoms with Gasteiger partial charge in [0.15, 0.2) is 0 Å². The van der Waals surface area contributed by atoms with Crippen LogP contribution in [0.5, 0.6) is 0 Å². The summed E-state index contributed by atoms with van der Waals surface area (Å²) >= 11 is 2.70. The number of nitrogens with zero attached hydrogens (tertiary/aromatic N) is 2. The highest BCUT2D eigenvalue weighted by Gasteiger charge is 2.26. The first-order valence-corrected chi connectivity index (χ1v) is 10.8. The molecule has 0 bridgehead atoms. The van der Waals surface area contributed by atoms with Crippen molar-refractivity contribution in [3.8, 4) is 10.7 Å². The molecule has 2 aromatic rings. The molecule has 0 aromatic carbocycles. The molecule has 164 valence electrons. The van der Waals surface area contributed by atoms with Crippen molar-refractivity contribution < 1.29 is 29.2 Å². The van der Waals surface area contributed by atoms with E-state index in [0.29, 0.717) is 21.5 Å². The van der Waals surface area contributed by atoms with Gasteiger partial charge in [0, 0.05) is 23.8 Å². The second kappa shape index (κ2) is 10.8. The SMILES string of the molecule is COC(=O)/C=C(/OC)[C@H](C)[C@H](/C=C/c1csc(-c2csc([C@@](C)(O)CO)n2)n1)OC. The minimum absolute atomic E-state index is 0.227. The Hall–Kier alpha value is -2.11. The van der Waals surface area contributed by atoms with Gasteiger partial charge in [0.05, 0.1) is 38.7 Å². The summed E-state index contributed by atoms with van der Waals surface area (Å²) in [4.78, 5) is 20.5. The third kappa shape index (κ3) is 5.96. The fourth-order valence-electron chi connectivity index (χ4n) is 2.52. The predicted molar refractivity (Wildman–Crippen MR) is 116 cm³/mol. The Kier molecular flexibility index (Phi) is 8.68. The number of rotatable bonds is 10. The van der Waals surface area contributed by atoms with Crippen molar-refractivity contribution in [2.24, 2.45) is 5.92 Å². The van der Waals surface area contributed by atoms with Gasteiger partial charge in [-0.05, 0) is 13.0 Å². The molecule has 0 spiro atoms. The summed E-state index contributed by atoms with van der Waals surface area (Å²) < 4.78 is 15.5. The van der Waals surface area contributed by atoms with E-state index < -0.39 is 18.2 Å². The normalized spacial score (nSPS) is 16.3. The van der Waals surface area contributed by atoms with E-state index in [-0.39, 0.29) is 12.0 Å². The summed E-state index contributed by atoms with van der Waals surface area (Å²) in [6.45, 7) is 2.99. The van der Waals surface area contributed by atoms with Gasteiger partial charge in [0.1, 0.15) is 27.1 Å². The maximum absolute atomic E-state index is 11.5. The van der Waals surface area contributed by atoms with Crippen LogP contribution < -0.4 is 0 Å². The average molecular weight is 455 g/mol. The van der Waals surface area contributed by atoms with Crippen LogP contribution in [0.15, 0.2) is 28.7 Å². The first-order valence-electron chi connectivity index (χ1n) is 9.05. The molecule has 0 saturated heterocycles. The van der Waals surface area contributed by atoms with Crippen molar-refractivity contribution in [2.75, 3.05) is 27.9 Å². The van der Waals surface area contributed by atoms with Crippen LogP contribution in [0.2, 0.25) is 0 Å². The number of hydrogen-bond acceptors (Lipinski definition) is 10. The molecule has 2 heterocycles. The zero-order chi connectivity index (χ0) is 22.3. The number of thiazole rings is 2. The van der Waals surface area contributed by atoms with Gasteiger partial charge in [0.2, 0.25) is 0 Å². The van der Waals surface area contributed by atoms with Gasteiger partial charge in [0.25, 0.3) is 0 Å². The smallest absolute Gasteiger partial charge is 0.333 e. The number of aromatic nitrogens is 2. The van der Waals surface area contributed by atoms with E-state index in [1.165, 1.54) is 49.9 Å². The highest BCUT2D eigenvalue weighted by Crippen LogP contribution is 2.30.